The monoisotopic (exact) mass is 518 g/mol. The van der Waals surface area contributed by atoms with E-state index >= 15 is 0 Å². The Morgan fingerprint density at radius 2 is 1.84 bits per heavy atom. The molecule has 161 valence electrons. The first-order chi connectivity index (χ1) is 15.1. The molecule has 1 radical (unpaired) electrons. The van der Waals surface area contributed by atoms with Gasteiger partial charge in [0.2, 0.25) is 0 Å². The second kappa shape index (κ2) is 12.1. The zero-order valence-electron chi connectivity index (χ0n) is 17.1. The van der Waals surface area contributed by atoms with Crippen molar-refractivity contribution in [1.29, 1.82) is 0 Å². The van der Waals surface area contributed by atoms with Crippen LogP contribution in [-0.4, -0.2) is 44.8 Å². The van der Waals surface area contributed by atoms with Crippen molar-refractivity contribution >= 4 is 49.5 Å². The van der Waals surface area contributed by atoms with E-state index in [0.29, 0.717) is 28.8 Å². The molecule has 1 aromatic heterocycles. The first-order valence-electron chi connectivity index (χ1n) is 10.0. The van der Waals surface area contributed by atoms with Crippen LogP contribution >= 0.6 is 23.2 Å². The first-order valence-corrected chi connectivity index (χ1v) is 13.1. The summed E-state index contributed by atoms with van der Waals surface area (Å²) < 4.78 is 6.51. The Balaban J connectivity index is 1.48. The predicted molar refractivity (Wildman–Crippen MR) is 127 cm³/mol. The molecule has 0 fully saturated rings. The molecule has 0 saturated heterocycles. The minimum absolute atomic E-state index is 0.188. The van der Waals surface area contributed by atoms with Crippen LogP contribution in [0.3, 0.4) is 0 Å². The summed E-state index contributed by atoms with van der Waals surface area (Å²) in [4.78, 5) is 21.4. The summed E-state index contributed by atoms with van der Waals surface area (Å²) in [6, 6.07) is 14.9. The zero-order valence-corrected chi connectivity index (χ0v) is 20.5. The summed E-state index contributed by atoms with van der Waals surface area (Å²) in [5, 5.41) is 4.53. The quantitative estimate of drug-likeness (QED) is 0.309. The molecule has 2 aromatic carbocycles. The molecule has 31 heavy (non-hydrogen) atoms. The number of amides is 1. The third-order valence-corrected chi connectivity index (χ3v) is 7.14. The van der Waals surface area contributed by atoms with Gasteiger partial charge in [0, 0.05) is 0 Å². The van der Waals surface area contributed by atoms with Crippen molar-refractivity contribution in [2.75, 3.05) is 13.2 Å². The van der Waals surface area contributed by atoms with E-state index in [0.717, 1.165) is 39.7 Å². The van der Waals surface area contributed by atoms with Crippen LogP contribution in [0.5, 0.6) is 5.75 Å². The van der Waals surface area contributed by atoms with Gasteiger partial charge in [-0.3, -0.25) is 0 Å². The summed E-state index contributed by atoms with van der Waals surface area (Å²) >= 11 is 12.0. The van der Waals surface area contributed by atoms with Crippen LogP contribution in [0.15, 0.2) is 54.7 Å². The number of aromatic nitrogens is 2. The molecule has 3 aromatic rings. The number of rotatable bonds is 10. The number of hydrogen-bond acceptors (Lipinski definition) is 4. The number of carbonyl (C=O) groups is 1. The molecule has 1 amide bonds. The maximum absolute atomic E-state index is 12.3. The molecule has 1 heterocycles. The van der Waals surface area contributed by atoms with Crippen LogP contribution in [0.4, 0.5) is 0 Å². The molecule has 0 aliphatic rings. The van der Waals surface area contributed by atoms with Gasteiger partial charge in [0.15, 0.2) is 0 Å². The Bertz CT molecular complexity index is 996. The summed E-state index contributed by atoms with van der Waals surface area (Å²) in [6.07, 6.45) is 3.62. The average molecular weight is 519 g/mol. The normalized spacial score (nSPS) is 11.1. The van der Waals surface area contributed by atoms with E-state index in [-0.39, 0.29) is 21.7 Å². The SMILES string of the molecule is CCCOc1ccc(-c2ccnc([As]CCCNC(=O)c3c(Cl)cccc3Cl)n2)cc1. The zero-order chi connectivity index (χ0) is 22.1. The van der Waals surface area contributed by atoms with Crippen molar-refractivity contribution in [3.8, 4) is 17.0 Å². The van der Waals surface area contributed by atoms with Gasteiger partial charge in [0.25, 0.3) is 0 Å². The van der Waals surface area contributed by atoms with Crippen molar-refractivity contribution in [2.24, 2.45) is 0 Å². The summed E-state index contributed by atoms with van der Waals surface area (Å²) in [5.74, 6) is 0.614. The molecule has 8 heteroatoms. The fraction of sp³-hybridized carbons (Fsp3) is 0.261. The number of benzene rings is 2. The molecule has 0 unspecified atom stereocenters. The number of hydrogen-bond donors (Lipinski definition) is 1. The molecule has 0 bridgehead atoms. The van der Waals surface area contributed by atoms with Gasteiger partial charge < -0.3 is 0 Å². The van der Waals surface area contributed by atoms with Gasteiger partial charge in [-0.15, -0.1) is 0 Å². The van der Waals surface area contributed by atoms with Gasteiger partial charge in [0.05, 0.1) is 0 Å². The Labute approximate surface area is 199 Å². The second-order valence-corrected chi connectivity index (χ2v) is 9.96. The van der Waals surface area contributed by atoms with Gasteiger partial charge in [-0.1, -0.05) is 0 Å². The van der Waals surface area contributed by atoms with Crippen LogP contribution in [-0.2, 0) is 0 Å². The van der Waals surface area contributed by atoms with Crippen LogP contribution in [0.25, 0.3) is 11.3 Å². The molecular weight excluding hydrogens is 496 g/mol. The first kappa shape index (κ1) is 23.6. The maximum atomic E-state index is 12.3. The predicted octanol–water partition coefficient (Wildman–Crippen LogP) is 4.81. The topological polar surface area (TPSA) is 64.1 Å². The summed E-state index contributed by atoms with van der Waals surface area (Å²) in [6.45, 7) is 3.35. The Hall–Kier alpha value is -2.07. The van der Waals surface area contributed by atoms with Crippen LogP contribution in [0.1, 0.15) is 30.1 Å². The average Bonchev–Trinajstić information content (AvgIpc) is 2.78. The third kappa shape index (κ3) is 6.96. The van der Waals surface area contributed by atoms with Gasteiger partial charge in [-0.05, 0) is 0 Å². The molecule has 0 spiro atoms. The molecule has 0 atom stereocenters. The minimum atomic E-state index is -0.253. The number of ether oxygens (including phenoxy) is 1. The van der Waals surface area contributed by atoms with Gasteiger partial charge in [0.1, 0.15) is 0 Å². The molecule has 1 N–H and O–H groups in total. The van der Waals surface area contributed by atoms with Crippen LogP contribution < -0.4 is 14.7 Å². The number of halogens is 2. The Morgan fingerprint density at radius 1 is 1.10 bits per heavy atom. The van der Waals surface area contributed by atoms with Crippen LogP contribution in [0.2, 0.25) is 15.3 Å². The van der Waals surface area contributed by atoms with E-state index in [2.05, 4.69) is 17.2 Å². The number of carbonyl (C=O) groups excluding carboxylic acids is 1. The number of nitrogens with one attached hydrogen (secondary N) is 1. The van der Waals surface area contributed by atoms with E-state index < -0.39 is 0 Å². The molecule has 0 aliphatic heterocycles. The number of nitrogens with zero attached hydrogens (tertiary/aromatic N) is 2. The molecule has 0 saturated carbocycles. The van der Waals surface area contributed by atoms with Gasteiger partial charge >= 0.3 is 200 Å². The van der Waals surface area contributed by atoms with Crippen molar-refractivity contribution in [1.82, 2.24) is 15.3 Å². The second-order valence-electron chi connectivity index (χ2n) is 6.70. The summed E-state index contributed by atoms with van der Waals surface area (Å²) in [5.41, 5.74) is 2.27. The fourth-order valence-electron chi connectivity index (χ4n) is 2.79. The van der Waals surface area contributed by atoms with Crippen molar-refractivity contribution in [3.63, 3.8) is 0 Å². The molecule has 3 rings (SSSR count). The van der Waals surface area contributed by atoms with E-state index in [1.807, 2.05) is 30.3 Å². The van der Waals surface area contributed by atoms with E-state index in [9.17, 15) is 4.79 Å². The van der Waals surface area contributed by atoms with Crippen molar-refractivity contribution in [3.05, 3.63) is 70.3 Å². The molecule has 5 nitrogen and oxygen atoms in total. The van der Waals surface area contributed by atoms with E-state index in [4.69, 9.17) is 32.9 Å². The van der Waals surface area contributed by atoms with Gasteiger partial charge in [-0.2, -0.15) is 0 Å². The standard InChI is InChI=1S/C23H23AsCl2N3O2/c1-2-15-31-17-9-7-16(8-10-17)20-11-14-28-23(29-20)24-12-4-13-27-22(30)21-18(25)5-3-6-19(21)26/h3,5-11,14H,2,4,12-13,15H2,1H3,(H,27,30). The fourth-order valence-corrected chi connectivity index (χ4v) is 5.13. The molecular formula is C23H23AsCl2N3O2. The van der Waals surface area contributed by atoms with Crippen molar-refractivity contribution < 1.29 is 9.53 Å². The Kier molecular flexibility index (Phi) is 9.20. The third-order valence-electron chi connectivity index (χ3n) is 4.33. The summed E-state index contributed by atoms with van der Waals surface area (Å²) in [7, 11) is 0. The van der Waals surface area contributed by atoms with E-state index in [1.165, 1.54) is 0 Å². The van der Waals surface area contributed by atoms with E-state index in [1.54, 1.807) is 24.4 Å². The van der Waals surface area contributed by atoms with Crippen LogP contribution in [0, 0.1) is 0 Å². The van der Waals surface area contributed by atoms with Crippen molar-refractivity contribution in [2.45, 2.75) is 25.0 Å². The van der Waals surface area contributed by atoms with Gasteiger partial charge in [-0.25, -0.2) is 0 Å². The molecule has 0 aliphatic carbocycles. The Morgan fingerprint density at radius 3 is 2.55 bits per heavy atom.